The van der Waals surface area contributed by atoms with Crippen LogP contribution in [0.25, 0.3) is 11.3 Å². The minimum atomic E-state index is -4.44. The van der Waals surface area contributed by atoms with E-state index in [-0.39, 0.29) is 33.9 Å². The second kappa shape index (κ2) is 13.7. The van der Waals surface area contributed by atoms with Gasteiger partial charge in [0.1, 0.15) is 16.8 Å². The molecular formula is C28H30BClF6N8O2. The Morgan fingerprint density at radius 3 is 1.63 bits per heavy atom. The van der Waals surface area contributed by atoms with Crippen LogP contribution in [0, 0.1) is 13.8 Å². The number of aromatic nitrogens is 6. The first-order chi connectivity index (χ1) is 21.1. The lowest BCUT2D eigenvalue weighted by Crippen LogP contribution is -2.41. The van der Waals surface area contributed by atoms with Gasteiger partial charge in [-0.2, -0.15) is 26.3 Å². The van der Waals surface area contributed by atoms with Crippen molar-refractivity contribution in [2.75, 3.05) is 11.5 Å². The summed E-state index contributed by atoms with van der Waals surface area (Å²) < 4.78 is 88.3. The zero-order chi connectivity index (χ0) is 34.7. The molecule has 1 fully saturated rings. The second-order valence-corrected chi connectivity index (χ2v) is 11.3. The summed E-state index contributed by atoms with van der Waals surface area (Å²) in [6.45, 7) is 10.0. The summed E-state index contributed by atoms with van der Waals surface area (Å²) in [7, 11) is -0.839. The molecule has 0 spiro atoms. The summed E-state index contributed by atoms with van der Waals surface area (Å²) in [6.07, 6.45) is -0.680. The van der Waals surface area contributed by atoms with Crippen LogP contribution in [-0.2, 0) is 21.7 Å². The number of nitrogen functional groups attached to an aromatic ring is 2. The van der Waals surface area contributed by atoms with Gasteiger partial charge in [-0.15, -0.1) is 0 Å². The quantitative estimate of drug-likeness (QED) is 0.196. The Labute approximate surface area is 266 Å². The maximum atomic E-state index is 12.9. The number of halogens is 7. The monoisotopic (exact) mass is 670 g/mol. The zero-order valence-electron chi connectivity index (χ0n) is 25.5. The van der Waals surface area contributed by atoms with Crippen molar-refractivity contribution in [2.24, 2.45) is 0 Å². The third kappa shape index (κ3) is 9.23. The number of pyridine rings is 2. The number of nitrogens with zero attached hydrogens (tertiary/aromatic N) is 6. The molecule has 0 aliphatic carbocycles. The van der Waals surface area contributed by atoms with E-state index in [2.05, 4.69) is 29.9 Å². The van der Waals surface area contributed by atoms with Crippen molar-refractivity contribution in [3.8, 4) is 11.3 Å². The molecule has 0 amide bonds. The highest BCUT2D eigenvalue weighted by Crippen LogP contribution is 2.37. The van der Waals surface area contributed by atoms with Crippen LogP contribution in [0.15, 0.2) is 49.3 Å². The Bertz CT molecular complexity index is 1640. The fraction of sp³-hybridized carbons (Fsp3) is 0.357. The predicted octanol–water partition coefficient (Wildman–Crippen LogP) is 5.87. The van der Waals surface area contributed by atoms with E-state index in [9.17, 15) is 26.3 Å². The first kappa shape index (κ1) is 36.4. The van der Waals surface area contributed by atoms with Crippen molar-refractivity contribution in [1.82, 2.24) is 29.9 Å². The van der Waals surface area contributed by atoms with Gasteiger partial charge in [-0.1, -0.05) is 11.6 Å². The first-order valence-corrected chi connectivity index (χ1v) is 13.7. The summed E-state index contributed by atoms with van der Waals surface area (Å²) in [6, 6.07) is 2.04. The van der Waals surface area contributed by atoms with E-state index in [0.29, 0.717) is 11.0 Å². The molecule has 4 N–H and O–H groups in total. The molecule has 4 aromatic heterocycles. The minimum Gasteiger partial charge on any atom is -0.399 e. The molecule has 0 radical (unpaired) electrons. The molecule has 1 saturated heterocycles. The number of anilines is 2. The van der Waals surface area contributed by atoms with Gasteiger partial charge in [0.25, 0.3) is 0 Å². The Balaban J connectivity index is 0.000000204. The van der Waals surface area contributed by atoms with Crippen LogP contribution in [-0.4, -0.2) is 48.2 Å². The first-order valence-electron chi connectivity index (χ1n) is 13.3. The fourth-order valence-corrected chi connectivity index (χ4v) is 3.93. The molecule has 46 heavy (non-hydrogen) atoms. The summed E-state index contributed by atoms with van der Waals surface area (Å²) in [5.74, 6) is 0.485. The normalized spacial score (nSPS) is 15.4. The van der Waals surface area contributed by atoms with E-state index in [1.807, 2.05) is 27.7 Å². The number of hydrogen-bond acceptors (Lipinski definition) is 10. The largest absolute Gasteiger partial charge is 0.496 e. The van der Waals surface area contributed by atoms with Crippen molar-refractivity contribution in [3.05, 3.63) is 77.0 Å². The van der Waals surface area contributed by atoms with E-state index in [1.165, 1.54) is 51.0 Å². The molecule has 0 aromatic carbocycles. The standard InChI is InChI=1S/C13H17BF3NO2.C11H9F3N4.C4H4ClN3/c1-8-10(13(15,16)17)6-9(7-18-8)14-19-11(2,3)12(4,5)20-14;1-6-8(11(12,13)14)2-7(3-17-6)9-4-16-5-10(15)18-9;5-3-1-7-2-4(6)8-3/h6-7H,1-5H3;2-5H,1H3,(H2,15,18);1-2H,(H2,6,8). The van der Waals surface area contributed by atoms with Gasteiger partial charge < -0.3 is 20.8 Å². The van der Waals surface area contributed by atoms with Crippen LogP contribution in [0.4, 0.5) is 38.0 Å². The molecule has 1 aliphatic rings. The van der Waals surface area contributed by atoms with Gasteiger partial charge in [0.15, 0.2) is 0 Å². The van der Waals surface area contributed by atoms with E-state index in [1.54, 1.807) is 0 Å². The highest BCUT2D eigenvalue weighted by Gasteiger charge is 2.52. The predicted molar refractivity (Wildman–Crippen MR) is 161 cm³/mol. The number of rotatable bonds is 2. The molecule has 1 aliphatic heterocycles. The molecule has 4 aromatic rings. The summed E-state index contributed by atoms with van der Waals surface area (Å²) in [5.41, 5.74) is 8.52. The Morgan fingerprint density at radius 1 is 0.696 bits per heavy atom. The molecule has 5 heterocycles. The van der Waals surface area contributed by atoms with Crippen LogP contribution < -0.4 is 16.9 Å². The van der Waals surface area contributed by atoms with Crippen LogP contribution in [0.5, 0.6) is 0 Å². The summed E-state index contributed by atoms with van der Waals surface area (Å²) in [4.78, 5) is 22.5. The maximum Gasteiger partial charge on any atom is 0.496 e. The van der Waals surface area contributed by atoms with Gasteiger partial charge >= 0.3 is 19.5 Å². The van der Waals surface area contributed by atoms with Gasteiger partial charge in [0.05, 0.1) is 52.8 Å². The molecule has 0 atom stereocenters. The summed E-state index contributed by atoms with van der Waals surface area (Å²) >= 11 is 5.39. The minimum absolute atomic E-state index is 0.0576. The Hall–Kier alpha value is -4.09. The van der Waals surface area contributed by atoms with Crippen LogP contribution >= 0.6 is 11.6 Å². The van der Waals surface area contributed by atoms with Crippen molar-refractivity contribution in [1.29, 1.82) is 0 Å². The lowest BCUT2D eigenvalue weighted by Gasteiger charge is -2.32. The average Bonchev–Trinajstić information content (AvgIpc) is 3.15. The molecule has 0 unspecified atom stereocenters. The lowest BCUT2D eigenvalue weighted by atomic mass is 9.79. The smallest absolute Gasteiger partial charge is 0.399 e. The van der Waals surface area contributed by atoms with Crippen molar-refractivity contribution < 1.29 is 35.7 Å². The van der Waals surface area contributed by atoms with E-state index >= 15 is 0 Å². The summed E-state index contributed by atoms with van der Waals surface area (Å²) in [5, 5.41) is 0.324. The van der Waals surface area contributed by atoms with Crippen LogP contribution in [0.2, 0.25) is 5.15 Å². The van der Waals surface area contributed by atoms with Gasteiger partial charge in [-0.05, 0) is 53.7 Å². The van der Waals surface area contributed by atoms with E-state index in [0.717, 1.165) is 12.1 Å². The molecule has 0 saturated carbocycles. The lowest BCUT2D eigenvalue weighted by molar-refractivity contribution is -0.139. The van der Waals surface area contributed by atoms with Crippen molar-refractivity contribution >= 4 is 35.8 Å². The van der Waals surface area contributed by atoms with E-state index in [4.69, 9.17) is 32.4 Å². The second-order valence-electron chi connectivity index (χ2n) is 10.9. The Kier molecular flexibility index (Phi) is 10.9. The molecule has 0 bridgehead atoms. The van der Waals surface area contributed by atoms with E-state index < -0.39 is 41.8 Å². The molecule has 246 valence electrons. The number of alkyl halides is 6. The Morgan fingerprint density at radius 2 is 1.17 bits per heavy atom. The van der Waals surface area contributed by atoms with Crippen LogP contribution in [0.1, 0.15) is 50.2 Å². The number of hydrogen-bond donors (Lipinski definition) is 2. The molecule has 18 heteroatoms. The van der Waals surface area contributed by atoms with Crippen molar-refractivity contribution in [2.45, 2.75) is 65.1 Å². The highest BCUT2D eigenvalue weighted by molar-refractivity contribution is 6.62. The number of nitrogens with two attached hydrogens (primary N) is 2. The molecule has 10 nitrogen and oxygen atoms in total. The van der Waals surface area contributed by atoms with Crippen molar-refractivity contribution in [3.63, 3.8) is 0 Å². The SMILES string of the molecule is Cc1ncc(-c2cncc(N)n2)cc1C(F)(F)F.Cc1ncc(B2OC(C)(C)C(C)(C)O2)cc1C(F)(F)F.Nc1cncc(Cl)n1. The zero-order valence-corrected chi connectivity index (χ0v) is 26.3. The third-order valence-electron chi connectivity index (χ3n) is 6.90. The van der Waals surface area contributed by atoms with Gasteiger partial charge in [0, 0.05) is 34.8 Å². The van der Waals surface area contributed by atoms with Gasteiger partial charge in [-0.3, -0.25) is 19.9 Å². The fourth-order valence-electron chi connectivity index (χ4n) is 3.78. The molecular weight excluding hydrogens is 641 g/mol. The number of aryl methyl sites for hydroxylation is 2. The topological polar surface area (TPSA) is 148 Å². The van der Waals surface area contributed by atoms with Gasteiger partial charge in [-0.25, -0.2) is 9.97 Å². The molecule has 5 rings (SSSR count). The van der Waals surface area contributed by atoms with Crippen LogP contribution in [0.3, 0.4) is 0 Å². The van der Waals surface area contributed by atoms with Gasteiger partial charge in [0.2, 0.25) is 0 Å². The average molecular weight is 671 g/mol. The maximum absolute atomic E-state index is 12.9. The highest BCUT2D eigenvalue weighted by atomic mass is 35.5. The third-order valence-corrected chi connectivity index (χ3v) is 7.09.